The normalized spacial score (nSPS) is 21.8. The van der Waals surface area contributed by atoms with E-state index >= 15 is 0 Å². The van der Waals surface area contributed by atoms with Crippen molar-refractivity contribution >= 4 is 22.4 Å². The van der Waals surface area contributed by atoms with Crippen molar-refractivity contribution in [2.24, 2.45) is 16.4 Å². The number of aromatic nitrogens is 2. The fraction of sp³-hybridized carbons (Fsp3) is 0.444. The number of carbonyl (C=O) groups is 1. The first-order chi connectivity index (χ1) is 11.4. The minimum absolute atomic E-state index is 0.178. The first kappa shape index (κ1) is 16.4. The lowest BCUT2D eigenvalue weighted by Gasteiger charge is -2.34. The molecule has 1 saturated carbocycles. The first-order valence-corrected chi connectivity index (χ1v) is 8.19. The minimum Gasteiger partial charge on any atom is -0.267 e. The van der Waals surface area contributed by atoms with E-state index in [2.05, 4.69) is 41.5 Å². The van der Waals surface area contributed by atoms with Crippen LogP contribution in [0.4, 0.5) is 0 Å². The van der Waals surface area contributed by atoms with E-state index in [4.69, 9.17) is 0 Å². The van der Waals surface area contributed by atoms with E-state index in [9.17, 15) is 9.59 Å². The maximum absolute atomic E-state index is 12.5. The number of carbonyl (C=O) groups excluding carboxylic acids is 1. The summed E-state index contributed by atoms with van der Waals surface area (Å²) in [5.74, 6) is 0.141. The van der Waals surface area contributed by atoms with Gasteiger partial charge in [0.15, 0.2) is 5.69 Å². The van der Waals surface area contributed by atoms with Gasteiger partial charge in [0.1, 0.15) is 0 Å². The molecule has 6 heteroatoms. The molecule has 2 N–H and O–H groups in total. The third kappa shape index (κ3) is 3.37. The highest BCUT2D eigenvalue weighted by molar-refractivity contribution is 6.05. The van der Waals surface area contributed by atoms with Gasteiger partial charge in [-0.1, -0.05) is 39.0 Å². The SMILES string of the molecule is C[C@H]1C/C(=N/NC(=O)c2n[nH]c(=O)c3ccccc23)CC(C)(C)C1. The van der Waals surface area contributed by atoms with Crippen LogP contribution in [0.5, 0.6) is 0 Å². The highest BCUT2D eigenvalue weighted by Gasteiger charge is 2.29. The molecular weight excluding hydrogens is 304 g/mol. The van der Waals surface area contributed by atoms with Crippen molar-refractivity contribution in [2.75, 3.05) is 0 Å². The molecule has 1 aliphatic carbocycles. The Balaban J connectivity index is 1.85. The molecule has 1 aliphatic rings. The summed E-state index contributed by atoms with van der Waals surface area (Å²) in [7, 11) is 0. The van der Waals surface area contributed by atoms with E-state index in [1.54, 1.807) is 24.3 Å². The number of H-pyrrole nitrogens is 1. The number of amides is 1. The average molecular weight is 326 g/mol. The van der Waals surface area contributed by atoms with Crippen LogP contribution in [0.3, 0.4) is 0 Å². The molecule has 0 aliphatic heterocycles. The molecule has 2 aromatic rings. The first-order valence-electron chi connectivity index (χ1n) is 8.19. The predicted octanol–water partition coefficient (Wildman–Crippen LogP) is 2.86. The zero-order valence-corrected chi connectivity index (χ0v) is 14.2. The molecule has 1 heterocycles. The number of nitrogens with one attached hydrogen (secondary N) is 2. The van der Waals surface area contributed by atoms with Crippen molar-refractivity contribution in [3.63, 3.8) is 0 Å². The van der Waals surface area contributed by atoms with Gasteiger partial charge < -0.3 is 0 Å². The van der Waals surface area contributed by atoms with Gasteiger partial charge in [0.05, 0.1) is 5.39 Å². The maximum Gasteiger partial charge on any atom is 0.292 e. The fourth-order valence-corrected chi connectivity index (χ4v) is 3.67. The van der Waals surface area contributed by atoms with Crippen LogP contribution in [-0.4, -0.2) is 21.8 Å². The standard InChI is InChI=1S/C18H22N4O2/c1-11-8-12(10-18(2,3)9-11)19-22-17(24)15-13-6-4-5-7-14(13)16(23)21-20-15/h4-7,11H,8-10H2,1-3H3,(H,21,23)(H,22,24)/b19-12-/t11-/m0/s1. The van der Waals surface area contributed by atoms with E-state index in [0.717, 1.165) is 25.0 Å². The summed E-state index contributed by atoms with van der Waals surface area (Å²) in [5.41, 5.74) is 3.67. The summed E-state index contributed by atoms with van der Waals surface area (Å²) in [6.07, 6.45) is 2.92. The van der Waals surface area contributed by atoms with Crippen molar-refractivity contribution in [2.45, 2.75) is 40.0 Å². The monoisotopic (exact) mass is 326 g/mol. The van der Waals surface area contributed by atoms with Crippen LogP contribution in [-0.2, 0) is 0 Å². The molecule has 3 rings (SSSR count). The minimum atomic E-state index is -0.411. The van der Waals surface area contributed by atoms with E-state index in [-0.39, 0.29) is 16.7 Å². The second kappa shape index (κ2) is 6.19. The number of fused-ring (bicyclic) bond motifs is 1. The van der Waals surface area contributed by atoms with Crippen LogP contribution in [0.25, 0.3) is 10.8 Å². The van der Waals surface area contributed by atoms with Crippen molar-refractivity contribution in [1.29, 1.82) is 0 Å². The molecule has 0 bridgehead atoms. The lowest BCUT2D eigenvalue weighted by molar-refractivity contribution is 0.0949. The Labute approximate surface area is 140 Å². The van der Waals surface area contributed by atoms with Gasteiger partial charge in [-0.05, 0) is 36.7 Å². The zero-order chi connectivity index (χ0) is 17.3. The summed E-state index contributed by atoms with van der Waals surface area (Å²) >= 11 is 0. The fourth-order valence-electron chi connectivity index (χ4n) is 3.67. The smallest absolute Gasteiger partial charge is 0.267 e. The van der Waals surface area contributed by atoms with E-state index in [1.807, 2.05) is 0 Å². The van der Waals surface area contributed by atoms with Crippen LogP contribution >= 0.6 is 0 Å². The van der Waals surface area contributed by atoms with Gasteiger partial charge >= 0.3 is 0 Å². The second-order valence-corrected chi connectivity index (χ2v) is 7.42. The number of aromatic amines is 1. The zero-order valence-electron chi connectivity index (χ0n) is 14.2. The molecular formula is C18H22N4O2. The van der Waals surface area contributed by atoms with Gasteiger partial charge in [0.25, 0.3) is 11.5 Å². The Morgan fingerprint density at radius 3 is 2.75 bits per heavy atom. The number of hydrogen-bond acceptors (Lipinski definition) is 4. The van der Waals surface area contributed by atoms with Gasteiger partial charge in [-0.25, -0.2) is 10.5 Å². The van der Waals surface area contributed by atoms with Crippen molar-refractivity contribution in [1.82, 2.24) is 15.6 Å². The van der Waals surface area contributed by atoms with Crippen molar-refractivity contribution in [3.05, 3.63) is 40.3 Å². The third-order valence-electron chi connectivity index (χ3n) is 4.39. The quantitative estimate of drug-likeness (QED) is 0.832. The number of benzene rings is 1. The highest BCUT2D eigenvalue weighted by atomic mass is 16.2. The summed E-state index contributed by atoms with van der Waals surface area (Å²) < 4.78 is 0. The average Bonchev–Trinajstić information content (AvgIpc) is 2.51. The highest BCUT2D eigenvalue weighted by Crippen LogP contribution is 2.36. The molecule has 1 fully saturated rings. The van der Waals surface area contributed by atoms with Crippen molar-refractivity contribution < 1.29 is 4.79 Å². The van der Waals surface area contributed by atoms with E-state index < -0.39 is 5.91 Å². The van der Waals surface area contributed by atoms with Gasteiger partial charge in [-0.2, -0.15) is 10.2 Å². The molecule has 1 atom stereocenters. The number of hydrazone groups is 1. The lowest BCUT2D eigenvalue weighted by Crippen LogP contribution is -2.30. The van der Waals surface area contributed by atoms with E-state index in [0.29, 0.717) is 16.7 Å². The molecule has 0 radical (unpaired) electrons. The van der Waals surface area contributed by atoms with Crippen LogP contribution in [0.15, 0.2) is 34.2 Å². The Morgan fingerprint density at radius 1 is 1.33 bits per heavy atom. The van der Waals surface area contributed by atoms with Gasteiger partial charge in [0.2, 0.25) is 0 Å². The Bertz CT molecular complexity index is 867. The summed E-state index contributed by atoms with van der Waals surface area (Å²) in [6.45, 7) is 6.64. The molecule has 0 spiro atoms. The van der Waals surface area contributed by atoms with Crippen LogP contribution in [0, 0.1) is 11.3 Å². The van der Waals surface area contributed by atoms with Crippen LogP contribution in [0.1, 0.15) is 50.5 Å². The molecule has 126 valence electrons. The number of hydrogen-bond donors (Lipinski definition) is 2. The number of nitrogens with zero attached hydrogens (tertiary/aromatic N) is 2. The molecule has 1 aromatic carbocycles. The third-order valence-corrected chi connectivity index (χ3v) is 4.39. The second-order valence-electron chi connectivity index (χ2n) is 7.42. The molecule has 1 amide bonds. The van der Waals surface area contributed by atoms with E-state index in [1.165, 1.54) is 0 Å². The Hall–Kier alpha value is -2.50. The van der Waals surface area contributed by atoms with Crippen LogP contribution < -0.4 is 11.0 Å². The lowest BCUT2D eigenvalue weighted by atomic mass is 9.72. The predicted molar refractivity (Wildman–Crippen MR) is 94.1 cm³/mol. The summed E-state index contributed by atoms with van der Waals surface area (Å²) in [6, 6.07) is 6.91. The molecule has 0 unspecified atom stereocenters. The van der Waals surface area contributed by atoms with Gasteiger partial charge in [0, 0.05) is 11.1 Å². The number of rotatable bonds is 2. The summed E-state index contributed by atoms with van der Waals surface area (Å²) in [4.78, 5) is 24.2. The summed E-state index contributed by atoms with van der Waals surface area (Å²) in [5, 5.41) is 11.5. The largest absolute Gasteiger partial charge is 0.292 e. The molecule has 1 aromatic heterocycles. The molecule has 6 nitrogen and oxygen atoms in total. The van der Waals surface area contributed by atoms with Gasteiger partial charge in [-0.15, -0.1) is 0 Å². The molecule has 24 heavy (non-hydrogen) atoms. The van der Waals surface area contributed by atoms with Crippen LogP contribution in [0.2, 0.25) is 0 Å². The maximum atomic E-state index is 12.5. The molecule has 0 saturated heterocycles. The van der Waals surface area contributed by atoms with Gasteiger partial charge in [-0.3, -0.25) is 9.59 Å². The Morgan fingerprint density at radius 2 is 2.04 bits per heavy atom. The Kier molecular flexibility index (Phi) is 4.22. The topological polar surface area (TPSA) is 87.2 Å². The van der Waals surface area contributed by atoms with Crippen molar-refractivity contribution in [3.8, 4) is 0 Å².